The van der Waals surface area contributed by atoms with E-state index in [4.69, 9.17) is 0 Å². The maximum absolute atomic E-state index is 9.91. The number of hydrogen-bond donors (Lipinski definition) is 3. The Morgan fingerprint density at radius 1 is 1.17 bits per heavy atom. The average molecular weight is 323 g/mol. The van der Waals surface area contributed by atoms with Crippen molar-refractivity contribution < 1.29 is 5.11 Å². The average Bonchev–Trinajstić information content (AvgIpc) is 2.60. The fourth-order valence-electron chi connectivity index (χ4n) is 2.32. The highest BCUT2D eigenvalue weighted by molar-refractivity contribution is 5.95. The van der Waals surface area contributed by atoms with E-state index in [1.165, 1.54) is 5.56 Å². The number of nitrogens with zero attached hydrogens (tertiary/aromatic N) is 1. The fourth-order valence-corrected chi connectivity index (χ4v) is 2.32. The maximum atomic E-state index is 9.91. The van der Waals surface area contributed by atoms with Crippen molar-refractivity contribution in [3.63, 3.8) is 0 Å². The number of aromatic hydroxyl groups is 1. The molecular weight excluding hydrogens is 298 g/mol. The molecule has 0 radical (unpaired) electrons. The molecule has 2 rings (SSSR count). The first kappa shape index (κ1) is 17.6. The molecule has 126 valence electrons. The van der Waals surface area contributed by atoms with Crippen LogP contribution in [0.2, 0.25) is 0 Å². The van der Waals surface area contributed by atoms with E-state index in [1.54, 1.807) is 18.2 Å². The zero-order chi connectivity index (χ0) is 17.2. The molecule has 0 saturated heterocycles. The summed E-state index contributed by atoms with van der Waals surface area (Å²) in [6.07, 6.45) is 3.72. The van der Waals surface area contributed by atoms with E-state index in [-0.39, 0.29) is 11.8 Å². The second-order valence-corrected chi connectivity index (χ2v) is 5.69. The van der Waals surface area contributed by atoms with Crippen LogP contribution in [0.4, 0.5) is 5.69 Å². The lowest BCUT2D eigenvalue weighted by Gasteiger charge is -2.18. The SMILES string of the molecule is C=CCN=C(Nc1ccccc1O)NC(C)CCc1ccccc1. The monoisotopic (exact) mass is 323 g/mol. The Hall–Kier alpha value is -2.75. The van der Waals surface area contributed by atoms with Crippen molar-refractivity contribution in [2.45, 2.75) is 25.8 Å². The minimum atomic E-state index is 0.197. The summed E-state index contributed by atoms with van der Waals surface area (Å²) in [6, 6.07) is 17.8. The zero-order valence-corrected chi connectivity index (χ0v) is 14.1. The normalized spacial score (nSPS) is 12.5. The Bertz CT molecular complexity index is 668. The summed E-state index contributed by atoms with van der Waals surface area (Å²) in [6.45, 7) is 6.33. The van der Waals surface area contributed by atoms with Crippen molar-refractivity contribution in [2.75, 3.05) is 11.9 Å². The molecule has 0 heterocycles. The number of anilines is 1. The van der Waals surface area contributed by atoms with Gasteiger partial charge in [-0.15, -0.1) is 6.58 Å². The molecule has 4 nitrogen and oxygen atoms in total. The van der Waals surface area contributed by atoms with E-state index in [1.807, 2.05) is 18.2 Å². The van der Waals surface area contributed by atoms with E-state index in [2.05, 4.69) is 53.4 Å². The van der Waals surface area contributed by atoms with Crippen LogP contribution in [-0.2, 0) is 6.42 Å². The molecule has 0 aromatic heterocycles. The molecule has 0 aliphatic rings. The van der Waals surface area contributed by atoms with Gasteiger partial charge >= 0.3 is 0 Å². The predicted octanol–water partition coefficient (Wildman–Crippen LogP) is 3.96. The minimum absolute atomic E-state index is 0.197. The van der Waals surface area contributed by atoms with E-state index in [0.29, 0.717) is 18.2 Å². The van der Waals surface area contributed by atoms with Crippen LogP contribution in [0.3, 0.4) is 0 Å². The van der Waals surface area contributed by atoms with Gasteiger partial charge in [-0.3, -0.25) is 0 Å². The molecule has 2 aromatic rings. The van der Waals surface area contributed by atoms with Crippen LogP contribution >= 0.6 is 0 Å². The van der Waals surface area contributed by atoms with Crippen LogP contribution in [-0.4, -0.2) is 23.7 Å². The van der Waals surface area contributed by atoms with Crippen LogP contribution in [0.5, 0.6) is 5.75 Å². The molecule has 0 spiro atoms. The van der Waals surface area contributed by atoms with Crippen LogP contribution in [0, 0.1) is 0 Å². The van der Waals surface area contributed by atoms with Crippen molar-refractivity contribution >= 4 is 11.6 Å². The Kier molecular flexibility index (Phi) is 6.90. The number of benzene rings is 2. The molecule has 1 atom stereocenters. The van der Waals surface area contributed by atoms with Gasteiger partial charge in [-0.2, -0.15) is 0 Å². The molecular formula is C20H25N3O. The first-order valence-corrected chi connectivity index (χ1v) is 8.20. The van der Waals surface area contributed by atoms with Gasteiger partial charge < -0.3 is 15.7 Å². The molecule has 1 unspecified atom stereocenters. The third-order valence-electron chi connectivity index (χ3n) is 3.63. The lowest BCUT2D eigenvalue weighted by molar-refractivity contribution is 0.477. The number of guanidine groups is 1. The number of aryl methyl sites for hydroxylation is 1. The molecule has 4 heteroatoms. The minimum Gasteiger partial charge on any atom is -0.506 e. The zero-order valence-electron chi connectivity index (χ0n) is 14.1. The number of para-hydroxylation sites is 2. The van der Waals surface area contributed by atoms with Gasteiger partial charge in [0.1, 0.15) is 5.75 Å². The van der Waals surface area contributed by atoms with Gasteiger partial charge in [0.05, 0.1) is 12.2 Å². The summed E-state index contributed by atoms with van der Waals surface area (Å²) in [5.74, 6) is 0.833. The molecule has 0 saturated carbocycles. The van der Waals surface area contributed by atoms with Crippen molar-refractivity contribution in [1.29, 1.82) is 0 Å². The van der Waals surface area contributed by atoms with E-state index in [0.717, 1.165) is 12.8 Å². The van der Waals surface area contributed by atoms with Crippen LogP contribution in [0.1, 0.15) is 18.9 Å². The van der Waals surface area contributed by atoms with Crippen LogP contribution < -0.4 is 10.6 Å². The van der Waals surface area contributed by atoms with E-state index < -0.39 is 0 Å². The molecule has 3 N–H and O–H groups in total. The number of aliphatic imine (C=N–C) groups is 1. The molecule has 0 aliphatic heterocycles. The van der Waals surface area contributed by atoms with E-state index in [9.17, 15) is 5.11 Å². The maximum Gasteiger partial charge on any atom is 0.196 e. The molecule has 0 amide bonds. The highest BCUT2D eigenvalue weighted by Gasteiger charge is 2.08. The van der Waals surface area contributed by atoms with Gasteiger partial charge in [-0.25, -0.2) is 4.99 Å². The largest absolute Gasteiger partial charge is 0.506 e. The number of phenols is 1. The third-order valence-corrected chi connectivity index (χ3v) is 3.63. The smallest absolute Gasteiger partial charge is 0.196 e. The Labute approximate surface area is 144 Å². The summed E-state index contributed by atoms with van der Waals surface area (Å²) in [7, 11) is 0. The lowest BCUT2D eigenvalue weighted by Crippen LogP contribution is -2.38. The van der Waals surface area contributed by atoms with Gasteiger partial charge in [0, 0.05) is 6.04 Å². The summed E-state index contributed by atoms with van der Waals surface area (Å²) in [5.41, 5.74) is 1.95. The first-order valence-electron chi connectivity index (χ1n) is 8.20. The second-order valence-electron chi connectivity index (χ2n) is 5.69. The quantitative estimate of drug-likeness (QED) is 0.313. The van der Waals surface area contributed by atoms with Gasteiger partial charge in [-0.05, 0) is 37.5 Å². The van der Waals surface area contributed by atoms with Gasteiger partial charge in [0.2, 0.25) is 0 Å². The standard InChI is InChI=1S/C20H25N3O/c1-3-15-21-20(23-18-11-7-8-12-19(18)24)22-16(2)13-14-17-9-5-4-6-10-17/h3-12,16,24H,1,13-15H2,2H3,(H2,21,22,23). The van der Waals surface area contributed by atoms with Crippen LogP contribution in [0.25, 0.3) is 0 Å². The number of nitrogens with one attached hydrogen (secondary N) is 2. The van der Waals surface area contributed by atoms with Gasteiger partial charge in [0.15, 0.2) is 5.96 Å². The molecule has 0 fully saturated rings. The predicted molar refractivity (Wildman–Crippen MR) is 102 cm³/mol. The highest BCUT2D eigenvalue weighted by atomic mass is 16.3. The Morgan fingerprint density at radius 2 is 1.88 bits per heavy atom. The molecule has 2 aromatic carbocycles. The van der Waals surface area contributed by atoms with Gasteiger partial charge in [0.25, 0.3) is 0 Å². The topological polar surface area (TPSA) is 56.7 Å². The molecule has 24 heavy (non-hydrogen) atoms. The summed E-state index contributed by atoms with van der Waals surface area (Å²) in [5, 5.41) is 16.4. The van der Waals surface area contributed by atoms with Crippen molar-refractivity contribution in [3.05, 3.63) is 72.8 Å². The first-order chi connectivity index (χ1) is 11.7. The van der Waals surface area contributed by atoms with E-state index >= 15 is 0 Å². The number of phenolic OH excluding ortho intramolecular Hbond substituents is 1. The second kappa shape index (κ2) is 9.40. The number of rotatable bonds is 7. The fraction of sp³-hybridized carbons (Fsp3) is 0.250. The lowest BCUT2D eigenvalue weighted by atomic mass is 10.1. The van der Waals surface area contributed by atoms with Crippen LogP contribution in [0.15, 0.2) is 72.2 Å². The summed E-state index contributed by atoms with van der Waals surface area (Å²) < 4.78 is 0. The highest BCUT2D eigenvalue weighted by Crippen LogP contribution is 2.21. The van der Waals surface area contributed by atoms with Gasteiger partial charge in [-0.1, -0.05) is 48.5 Å². The van der Waals surface area contributed by atoms with Crippen molar-refractivity contribution in [2.24, 2.45) is 4.99 Å². The third kappa shape index (κ3) is 5.80. The Balaban J connectivity index is 1.95. The van der Waals surface area contributed by atoms with Crippen molar-refractivity contribution in [3.8, 4) is 5.75 Å². The molecule has 0 aliphatic carbocycles. The Morgan fingerprint density at radius 3 is 2.58 bits per heavy atom. The summed E-state index contributed by atoms with van der Waals surface area (Å²) in [4.78, 5) is 4.44. The molecule has 0 bridgehead atoms. The number of hydrogen-bond acceptors (Lipinski definition) is 2. The summed E-state index contributed by atoms with van der Waals surface area (Å²) >= 11 is 0. The van der Waals surface area contributed by atoms with Crippen molar-refractivity contribution in [1.82, 2.24) is 5.32 Å².